The summed E-state index contributed by atoms with van der Waals surface area (Å²) in [5, 5.41) is 2.52. The minimum atomic E-state index is -0.127. The molecule has 2 amide bonds. The third kappa shape index (κ3) is 2.30. The zero-order chi connectivity index (χ0) is 13.5. The Labute approximate surface area is 109 Å². The second-order valence-corrected chi connectivity index (χ2v) is 6.60. The van der Waals surface area contributed by atoms with E-state index >= 15 is 0 Å². The lowest BCUT2D eigenvalue weighted by molar-refractivity contribution is -0.144. The number of hydrogen-bond acceptors (Lipinski definition) is 3. The fourth-order valence-electron chi connectivity index (χ4n) is 3.66. The summed E-state index contributed by atoms with van der Waals surface area (Å²) in [6.07, 6.45) is 2.34. The van der Waals surface area contributed by atoms with Crippen molar-refractivity contribution in [3.05, 3.63) is 0 Å². The summed E-state index contributed by atoms with van der Waals surface area (Å²) in [6.45, 7) is 7.32. The first kappa shape index (κ1) is 13.5. The minimum absolute atomic E-state index is 0.0115. The van der Waals surface area contributed by atoms with Crippen molar-refractivity contribution >= 4 is 11.8 Å². The van der Waals surface area contributed by atoms with E-state index in [2.05, 4.69) is 38.0 Å². The van der Waals surface area contributed by atoms with Crippen LogP contribution in [0.3, 0.4) is 0 Å². The van der Waals surface area contributed by atoms with Crippen LogP contribution >= 0.6 is 0 Å². The van der Waals surface area contributed by atoms with Crippen molar-refractivity contribution in [3.8, 4) is 0 Å². The van der Waals surface area contributed by atoms with Crippen molar-refractivity contribution in [2.45, 2.75) is 46.1 Å². The Bertz CT molecular complexity index is 355. The molecule has 2 fully saturated rings. The zero-order valence-corrected chi connectivity index (χ0v) is 11.8. The Morgan fingerprint density at radius 1 is 1.44 bits per heavy atom. The Balaban J connectivity index is 2.27. The Kier molecular flexibility index (Phi) is 3.49. The summed E-state index contributed by atoms with van der Waals surface area (Å²) in [4.78, 5) is 26.2. The molecule has 0 aromatic carbocycles. The molecule has 0 aromatic rings. The fraction of sp³-hybridized carbons (Fsp3) is 0.857. The van der Waals surface area contributed by atoms with Gasteiger partial charge >= 0.3 is 0 Å². The van der Waals surface area contributed by atoms with Crippen LogP contribution < -0.4 is 5.32 Å². The first-order valence-electron chi connectivity index (χ1n) is 6.88. The molecular formula is C14H24N2O2. The van der Waals surface area contributed by atoms with Crippen molar-refractivity contribution < 1.29 is 9.59 Å². The van der Waals surface area contributed by atoms with E-state index in [0.29, 0.717) is 18.4 Å². The van der Waals surface area contributed by atoms with Crippen LogP contribution in [0.2, 0.25) is 0 Å². The molecule has 4 nitrogen and oxygen atoms in total. The lowest BCUT2D eigenvalue weighted by Gasteiger charge is -2.40. The van der Waals surface area contributed by atoms with Crippen LogP contribution in [0.5, 0.6) is 0 Å². The van der Waals surface area contributed by atoms with Gasteiger partial charge in [0, 0.05) is 30.3 Å². The molecule has 2 aliphatic rings. The molecule has 102 valence electrons. The van der Waals surface area contributed by atoms with E-state index < -0.39 is 0 Å². The Morgan fingerprint density at radius 3 is 2.61 bits per heavy atom. The zero-order valence-electron chi connectivity index (χ0n) is 11.8. The van der Waals surface area contributed by atoms with E-state index in [-0.39, 0.29) is 23.1 Å². The topological polar surface area (TPSA) is 49.4 Å². The molecule has 0 saturated carbocycles. The normalized spacial score (nSPS) is 37.6. The van der Waals surface area contributed by atoms with Gasteiger partial charge in [-0.15, -0.1) is 0 Å². The van der Waals surface area contributed by atoms with Gasteiger partial charge in [0.25, 0.3) is 0 Å². The maximum absolute atomic E-state index is 12.2. The van der Waals surface area contributed by atoms with E-state index in [1.54, 1.807) is 0 Å². The monoisotopic (exact) mass is 252 g/mol. The second-order valence-electron chi connectivity index (χ2n) is 6.60. The smallest absolute Gasteiger partial charge is 0.230 e. The van der Waals surface area contributed by atoms with Gasteiger partial charge in [-0.2, -0.15) is 0 Å². The number of imide groups is 1. The Morgan fingerprint density at radius 2 is 2.11 bits per heavy atom. The average Bonchev–Trinajstić information content (AvgIpc) is 2.49. The number of nitrogens with zero attached hydrogens (tertiary/aromatic N) is 1. The van der Waals surface area contributed by atoms with Crippen molar-refractivity contribution in [2.75, 3.05) is 13.6 Å². The summed E-state index contributed by atoms with van der Waals surface area (Å²) in [5.41, 5.74) is -0.127. The van der Waals surface area contributed by atoms with Crippen LogP contribution in [0.25, 0.3) is 0 Å². The molecule has 0 aliphatic carbocycles. The molecule has 0 bridgehead atoms. The van der Waals surface area contributed by atoms with Crippen LogP contribution in [0.15, 0.2) is 0 Å². The van der Waals surface area contributed by atoms with E-state index in [1.807, 2.05) is 0 Å². The van der Waals surface area contributed by atoms with Gasteiger partial charge in [0.1, 0.15) is 0 Å². The van der Waals surface area contributed by atoms with Gasteiger partial charge in [-0.3, -0.25) is 14.9 Å². The van der Waals surface area contributed by atoms with Crippen LogP contribution in [0, 0.1) is 17.3 Å². The molecule has 4 heteroatoms. The van der Waals surface area contributed by atoms with E-state index in [0.717, 1.165) is 19.4 Å². The number of hydrogen-bond donors (Lipinski definition) is 1. The molecule has 0 aromatic heterocycles. The molecule has 0 radical (unpaired) electrons. The molecule has 18 heavy (non-hydrogen) atoms. The third-order valence-corrected chi connectivity index (χ3v) is 4.56. The molecular weight excluding hydrogens is 228 g/mol. The van der Waals surface area contributed by atoms with Gasteiger partial charge in [-0.1, -0.05) is 13.8 Å². The first-order chi connectivity index (χ1) is 8.34. The second kappa shape index (κ2) is 4.65. The van der Waals surface area contributed by atoms with E-state index in [9.17, 15) is 9.59 Å². The highest BCUT2D eigenvalue weighted by Crippen LogP contribution is 2.47. The summed E-state index contributed by atoms with van der Waals surface area (Å²) < 4.78 is 0. The molecule has 1 N–H and O–H groups in total. The molecule has 2 aliphatic heterocycles. The number of carbonyl (C=O) groups is 2. The highest BCUT2D eigenvalue weighted by atomic mass is 16.2. The predicted octanol–water partition coefficient (Wildman–Crippen LogP) is 1.41. The maximum atomic E-state index is 12.2. The lowest BCUT2D eigenvalue weighted by Crippen LogP contribution is -2.53. The van der Waals surface area contributed by atoms with Crippen LogP contribution in [-0.2, 0) is 9.59 Å². The fourth-order valence-corrected chi connectivity index (χ4v) is 3.66. The van der Waals surface area contributed by atoms with Crippen molar-refractivity contribution in [3.63, 3.8) is 0 Å². The van der Waals surface area contributed by atoms with Gasteiger partial charge in [-0.25, -0.2) is 0 Å². The van der Waals surface area contributed by atoms with Gasteiger partial charge < -0.3 is 4.90 Å². The lowest BCUT2D eigenvalue weighted by atomic mass is 9.66. The van der Waals surface area contributed by atoms with E-state index in [4.69, 9.17) is 0 Å². The number of carbonyl (C=O) groups excluding carboxylic acids is 2. The first-order valence-corrected chi connectivity index (χ1v) is 6.88. The van der Waals surface area contributed by atoms with Crippen molar-refractivity contribution in [1.82, 2.24) is 10.2 Å². The standard InChI is InChI=1S/C14H24N2O2/c1-9(2)5-11-13(18)15-12(17)7-14(11)6-10(3)16(4)8-14/h9-11H,5-8H2,1-4H3,(H,15,17,18). The third-order valence-electron chi connectivity index (χ3n) is 4.56. The summed E-state index contributed by atoms with van der Waals surface area (Å²) in [5.74, 6) is 0.319. The minimum Gasteiger partial charge on any atom is -0.303 e. The molecule has 3 atom stereocenters. The molecule has 2 rings (SSSR count). The SMILES string of the molecule is CC(C)CC1C(=O)NC(=O)CC12CC(C)N(C)C2. The molecule has 2 heterocycles. The van der Waals surface area contributed by atoms with E-state index in [1.165, 1.54) is 0 Å². The quantitative estimate of drug-likeness (QED) is 0.756. The number of rotatable bonds is 2. The Hall–Kier alpha value is -0.900. The molecule has 3 unspecified atom stereocenters. The number of amides is 2. The molecule has 1 spiro atoms. The summed E-state index contributed by atoms with van der Waals surface area (Å²) in [7, 11) is 2.09. The van der Waals surface area contributed by atoms with Gasteiger partial charge in [-0.05, 0) is 32.7 Å². The van der Waals surface area contributed by atoms with Gasteiger partial charge in [0.05, 0.1) is 0 Å². The van der Waals surface area contributed by atoms with Gasteiger partial charge in [0.2, 0.25) is 11.8 Å². The van der Waals surface area contributed by atoms with Crippen molar-refractivity contribution in [2.24, 2.45) is 17.3 Å². The van der Waals surface area contributed by atoms with Crippen LogP contribution in [-0.4, -0.2) is 36.3 Å². The number of nitrogens with one attached hydrogen (secondary N) is 1. The molecule has 2 saturated heterocycles. The number of piperidine rings is 1. The van der Waals surface area contributed by atoms with Gasteiger partial charge in [0.15, 0.2) is 0 Å². The summed E-state index contributed by atoms with van der Waals surface area (Å²) >= 11 is 0. The number of likely N-dealkylation sites (tertiary alicyclic amines) is 1. The van der Waals surface area contributed by atoms with Crippen LogP contribution in [0.4, 0.5) is 0 Å². The predicted molar refractivity (Wildman–Crippen MR) is 69.9 cm³/mol. The highest BCUT2D eigenvalue weighted by molar-refractivity contribution is 5.99. The highest BCUT2D eigenvalue weighted by Gasteiger charge is 2.53. The average molecular weight is 252 g/mol. The largest absolute Gasteiger partial charge is 0.303 e. The van der Waals surface area contributed by atoms with Crippen molar-refractivity contribution in [1.29, 1.82) is 0 Å². The van der Waals surface area contributed by atoms with Crippen LogP contribution in [0.1, 0.15) is 40.0 Å². The maximum Gasteiger partial charge on any atom is 0.230 e. The summed E-state index contributed by atoms with van der Waals surface area (Å²) in [6, 6.07) is 0.457.